The van der Waals surface area contributed by atoms with Gasteiger partial charge in [-0.15, -0.1) is 0 Å². The number of carbonyl (C=O) groups excluding carboxylic acids is 3. The number of nitrogens with zero attached hydrogens (tertiary/aromatic N) is 1. The Bertz CT molecular complexity index is 838. The molecular weight excluding hydrogens is 294 g/mol. The molecule has 0 bridgehead atoms. The molecule has 1 heterocycles. The maximum Gasteiger partial charge on any atom is 0.302 e. The van der Waals surface area contributed by atoms with Gasteiger partial charge in [0.1, 0.15) is 12.3 Å². The van der Waals surface area contributed by atoms with E-state index >= 15 is 0 Å². The molecule has 23 heavy (non-hydrogen) atoms. The number of carbonyl (C=O) groups is 3. The fraction of sp³-hybridized carbons (Fsp3) is 0.111. The lowest BCUT2D eigenvalue weighted by Gasteiger charge is -2.15. The summed E-state index contributed by atoms with van der Waals surface area (Å²) >= 11 is 0. The molecule has 114 valence electrons. The quantitative estimate of drug-likeness (QED) is 0.815. The van der Waals surface area contributed by atoms with Crippen molar-refractivity contribution in [2.75, 3.05) is 0 Å². The van der Waals surface area contributed by atoms with Crippen LogP contribution >= 0.6 is 0 Å². The second kappa shape index (κ2) is 5.96. The molecule has 1 aromatic heterocycles. The lowest BCUT2D eigenvalue weighted by Crippen LogP contribution is -2.16. The summed E-state index contributed by atoms with van der Waals surface area (Å²) in [5.41, 5.74) is 2.26. The van der Waals surface area contributed by atoms with Crippen molar-refractivity contribution in [1.29, 1.82) is 0 Å². The molecule has 0 unspecified atom stereocenters. The molecule has 0 saturated heterocycles. The molecule has 3 rings (SSSR count). The number of allylic oxidation sites excluding steroid dienone is 2. The lowest BCUT2D eigenvalue weighted by atomic mass is 9.95. The van der Waals surface area contributed by atoms with Crippen molar-refractivity contribution in [2.24, 2.45) is 0 Å². The number of hydrogen-bond donors (Lipinski definition) is 0. The fourth-order valence-corrected chi connectivity index (χ4v) is 2.39. The molecule has 0 amide bonds. The Morgan fingerprint density at radius 2 is 1.74 bits per heavy atom. The van der Waals surface area contributed by atoms with Crippen LogP contribution in [0.4, 0.5) is 0 Å². The SMILES string of the molecule is CC(=O)OCc1cc2c(nc1-c1ccccc1)C(=O)C=CC2=O. The van der Waals surface area contributed by atoms with Gasteiger partial charge in [0.05, 0.1) is 11.3 Å². The molecule has 5 nitrogen and oxygen atoms in total. The van der Waals surface area contributed by atoms with E-state index in [0.29, 0.717) is 11.3 Å². The number of pyridine rings is 1. The van der Waals surface area contributed by atoms with E-state index in [9.17, 15) is 14.4 Å². The van der Waals surface area contributed by atoms with Crippen LogP contribution in [0.3, 0.4) is 0 Å². The van der Waals surface area contributed by atoms with Gasteiger partial charge in [-0.2, -0.15) is 0 Å². The molecule has 1 aromatic carbocycles. The Balaban J connectivity index is 2.16. The van der Waals surface area contributed by atoms with E-state index in [2.05, 4.69) is 4.98 Å². The van der Waals surface area contributed by atoms with Gasteiger partial charge in [0.2, 0.25) is 5.78 Å². The van der Waals surface area contributed by atoms with E-state index in [0.717, 1.165) is 5.56 Å². The van der Waals surface area contributed by atoms with Gasteiger partial charge in [-0.1, -0.05) is 30.3 Å². The molecule has 0 aliphatic heterocycles. The minimum absolute atomic E-state index is 0.00890. The zero-order chi connectivity index (χ0) is 16.4. The van der Waals surface area contributed by atoms with Crippen molar-refractivity contribution in [3.05, 3.63) is 65.4 Å². The molecule has 1 aliphatic rings. The number of rotatable bonds is 3. The smallest absolute Gasteiger partial charge is 0.302 e. The normalized spacial score (nSPS) is 12.9. The van der Waals surface area contributed by atoms with Crippen molar-refractivity contribution >= 4 is 17.5 Å². The Morgan fingerprint density at radius 1 is 1.04 bits per heavy atom. The number of ether oxygens (including phenoxy) is 1. The molecule has 1 aliphatic carbocycles. The van der Waals surface area contributed by atoms with Gasteiger partial charge in [0, 0.05) is 18.1 Å². The third-order valence-electron chi connectivity index (χ3n) is 3.46. The summed E-state index contributed by atoms with van der Waals surface area (Å²) in [4.78, 5) is 39.5. The van der Waals surface area contributed by atoms with Gasteiger partial charge >= 0.3 is 5.97 Å². The second-order valence-electron chi connectivity index (χ2n) is 5.10. The van der Waals surface area contributed by atoms with Crippen LogP contribution in [0.25, 0.3) is 11.3 Å². The molecule has 2 aromatic rings. The van der Waals surface area contributed by atoms with E-state index < -0.39 is 5.97 Å². The zero-order valence-electron chi connectivity index (χ0n) is 12.4. The molecule has 0 spiro atoms. The zero-order valence-corrected chi connectivity index (χ0v) is 12.4. The summed E-state index contributed by atoms with van der Waals surface area (Å²) in [6.45, 7) is 1.30. The Kier molecular flexibility index (Phi) is 3.85. The third kappa shape index (κ3) is 2.94. The summed E-state index contributed by atoms with van der Waals surface area (Å²) < 4.78 is 5.05. The summed E-state index contributed by atoms with van der Waals surface area (Å²) in [7, 11) is 0. The van der Waals surface area contributed by atoms with Gasteiger partial charge in [0.15, 0.2) is 5.78 Å². The number of hydrogen-bond acceptors (Lipinski definition) is 5. The van der Waals surface area contributed by atoms with E-state index in [1.165, 1.54) is 19.1 Å². The van der Waals surface area contributed by atoms with E-state index in [1.54, 1.807) is 6.07 Å². The first kappa shape index (κ1) is 14.8. The molecule has 5 heteroatoms. The first-order chi connectivity index (χ1) is 11.1. The largest absolute Gasteiger partial charge is 0.461 e. The number of esters is 1. The fourth-order valence-electron chi connectivity index (χ4n) is 2.39. The average Bonchev–Trinajstić information content (AvgIpc) is 2.56. The van der Waals surface area contributed by atoms with E-state index in [-0.39, 0.29) is 29.4 Å². The topological polar surface area (TPSA) is 73.3 Å². The van der Waals surface area contributed by atoms with Crippen LogP contribution < -0.4 is 0 Å². The number of aromatic nitrogens is 1. The average molecular weight is 307 g/mol. The highest BCUT2D eigenvalue weighted by Gasteiger charge is 2.24. The number of fused-ring (bicyclic) bond motifs is 1. The summed E-state index contributed by atoms with van der Waals surface area (Å²) in [5, 5.41) is 0. The first-order valence-electron chi connectivity index (χ1n) is 7.05. The van der Waals surface area contributed by atoms with Gasteiger partial charge in [-0.25, -0.2) is 4.98 Å². The van der Waals surface area contributed by atoms with E-state index in [1.807, 2.05) is 30.3 Å². The highest BCUT2D eigenvalue weighted by atomic mass is 16.5. The van der Waals surface area contributed by atoms with E-state index in [4.69, 9.17) is 4.74 Å². The van der Waals surface area contributed by atoms with Gasteiger partial charge in [0.25, 0.3) is 0 Å². The second-order valence-corrected chi connectivity index (χ2v) is 5.10. The molecule has 0 N–H and O–H groups in total. The van der Waals surface area contributed by atoms with Crippen molar-refractivity contribution in [1.82, 2.24) is 4.98 Å². The maximum absolute atomic E-state index is 12.0. The Hall–Kier alpha value is -3.08. The van der Waals surface area contributed by atoms with Crippen molar-refractivity contribution < 1.29 is 19.1 Å². The van der Waals surface area contributed by atoms with Crippen LogP contribution in [0.5, 0.6) is 0 Å². The minimum atomic E-state index is -0.427. The van der Waals surface area contributed by atoms with Crippen LogP contribution in [-0.4, -0.2) is 22.5 Å². The highest BCUT2D eigenvalue weighted by Crippen LogP contribution is 2.27. The minimum Gasteiger partial charge on any atom is -0.461 e. The Labute approximate surface area is 132 Å². The monoisotopic (exact) mass is 307 g/mol. The summed E-state index contributed by atoms with van der Waals surface area (Å²) in [6, 6.07) is 10.8. The molecular formula is C18H13NO4. The number of benzene rings is 1. The van der Waals surface area contributed by atoms with Crippen LogP contribution in [0.2, 0.25) is 0 Å². The predicted molar refractivity (Wildman–Crippen MR) is 82.9 cm³/mol. The Morgan fingerprint density at radius 3 is 2.43 bits per heavy atom. The van der Waals surface area contributed by atoms with Crippen molar-refractivity contribution in [2.45, 2.75) is 13.5 Å². The molecule has 0 atom stereocenters. The standard InChI is InChI=1S/C18H13NO4/c1-11(20)23-10-13-9-14-15(21)7-8-16(22)18(14)19-17(13)12-5-3-2-4-6-12/h2-9H,10H2,1H3. The summed E-state index contributed by atoms with van der Waals surface area (Å²) in [6.07, 6.45) is 2.45. The molecule has 0 radical (unpaired) electrons. The van der Waals surface area contributed by atoms with Gasteiger partial charge in [-0.05, 0) is 18.2 Å². The van der Waals surface area contributed by atoms with Crippen LogP contribution in [0.1, 0.15) is 33.3 Å². The van der Waals surface area contributed by atoms with Gasteiger partial charge in [-0.3, -0.25) is 14.4 Å². The highest BCUT2D eigenvalue weighted by molar-refractivity contribution is 6.21. The molecule has 0 saturated carbocycles. The van der Waals surface area contributed by atoms with Crippen LogP contribution in [0.15, 0.2) is 48.6 Å². The predicted octanol–water partition coefficient (Wildman–Crippen LogP) is 2.75. The molecule has 0 fully saturated rings. The maximum atomic E-state index is 12.0. The van der Waals surface area contributed by atoms with Crippen LogP contribution in [-0.2, 0) is 16.1 Å². The number of ketones is 2. The van der Waals surface area contributed by atoms with Crippen LogP contribution in [0, 0.1) is 0 Å². The van der Waals surface area contributed by atoms with Crippen molar-refractivity contribution in [3.8, 4) is 11.3 Å². The first-order valence-corrected chi connectivity index (χ1v) is 7.05. The third-order valence-corrected chi connectivity index (χ3v) is 3.46. The summed E-state index contributed by atoms with van der Waals surface area (Å²) in [5.74, 6) is -1.02. The van der Waals surface area contributed by atoms with Crippen molar-refractivity contribution in [3.63, 3.8) is 0 Å². The van der Waals surface area contributed by atoms with Gasteiger partial charge < -0.3 is 4.74 Å². The lowest BCUT2D eigenvalue weighted by molar-refractivity contribution is -0.142.